The minimum Gasteiger partial charge on any atom is -0.312 e. The molecule has 1 rings (SSSR count). The van der Waals surface area contributed by atoms with E-state index in [0.29, 0.717) is 6.04 Å². The van der Waals surface area contributed by atoms with Crippen molar-refractivity contribution in [3.05, 3.63) is 0 Å². The zero-order valence-corrected chi connectivity index (χ0v) is 15.2. The predicted octanol–water partition coefficient (Wildman–Crippen LogP) is 3.21. The van der Waals surface area contributed by atoms with Crippen LogP contribution in [0.25, 0.3) is 0 Å². The highest BCUT2D eigenvalue weighted by Gasteiger charge is 2.28. The van der Waals surface area contributed by atoms with Crippen molar-refractivity contribution in [2.45, 2.75) is 71.4 Å². The van der Waals surface area contributed by atoms with Crippen molar-refractivity contribution in [3.8, 4) is 0 Å². The summed E-state index contributed by atoms with van der Waals surface area (Å²) in [7, 11) is 4.40. The summed E-state index contributed by atoms with van der Waals surface area (Å²) in [4.78, 5) is 5.12. The van der Waals surface area contributed by atoms with E-state index in [1.807, 2.05) is 0 Å². The first-order valence-corrected chi connectivity index (χ1v) is 9.24. The van der Waals surface area contributed by atoms with E-state index in [2.05, 4.69) is 50.0 Å². The molecule has 1 fully saturated rings. The molecule has 0 aliphatic carbocycles. The maximum Gasteiger partial charge on any atom is 0.0246 e. The van der Waals surface area contributed by atoms with E-state index in [0.717, 1.165) is 18.5 Å². The Morgan fingerprint density at radius 1 is 1.10 bits per heavy atom. The van der Waals surface area contributed by atoms with Gasteiger partial charge in [-0.15, -0.1) is 0 Å². The highest BCUT2D eigenvalue weighted by molar-refractivity contribution is 4.86. The van der Waals surface area contributed by atoms with Crippen molar-refractivity contribution in [2.75, 3.05) is 40.3 Å². The molecule has 0 bridgehead atoms. The molecular weight excluding hydrogens is 258 g/mol. The third-order valence-electron chi connectivity index (χ3n) is 4.88. The lowest BCUT2D eigenvalue weighted by atomic mass is 9.92. The topological polar surface area (TPSA) is 18.5 Å². The van der Waals surface area contributed by atoms with Crippen LogP contribution in [-0.4, -0.2) is 62.2 Å². The van der Waals surface area contributed by atoms with Gasteiger partial charge in [0.2, 0.25) is 0 Å². The molecule has 0 aromatic heterocycles. The Labute approximate surface area is 133 Å². The highest BCUT2D eigenvalue weighted by Crippen LogP contribution is 2.23. The average Bonchev–Trinajstić information content (AvgIpc) is 2.46. The van der Waals surface area contributed by atoms with Crippen LogP contribution in [0, 0.1) is 5.92 Å². The largest absolute Gasteiger partial charge is 0.312 e. The lowest BCUT2D eigenvalue weighted by molar-refractivity contribution is 0.0920. The van der Waals surface area contributed by atoms with Crippen LogP contribution in [0.4, 0.5) is 0 Å². The number of hydrogen-bond donors (Lipinski definition) is 1. The minimum atomic E-state index is 0.686. The zero-order valence-electron chi connectivity index (χ0n) is 15.2. The number of piperidine rings is 1. The molecular formula is C18H39N3. The summed E-state index contributed by atoms with van der Waals surface area (Å²) in [5.74, 6) is 0.905. The first-order chi connectivity index (χ1) is 10.1. The van der Waals surface area contributed by atoms with Crippen molar-refractivity contribution >= 4 is 0 Å². The second kappa shape index (κ2) is 10.6. The molecule has 1 heterocycles. The molecule has 0 aromatic rings. The Bertz CT molecular complexity index is 247. The van der Waals surface area contributed by atoms with Gasteiger partial charge in [0.15, 0.2) is 0 Å². The first-order valence-electron chi connectivity index (χ1n) is 9.24. The van der Waals surface area contributed by atoms with Gasteiger partial charge in [-0.2, -0.15) is 0 Å². The molecule has 2 unspecified atom stereocenters. The van der Waals surface area contributed by atoms with Gasteiger partial charge < -0.3 is 10.2 Å². The Morgan fingerprint density at radius 2 is 1.76 bits per heavy atom. The standard InChI is InChI=1S/C18H39N3/c1-6-9-17(19-12-7-2)18(8-3)21-13-10-16(11-14-21)15-20(4)5/h16-19H,6-15H2,1-5H3. The van der Waals surface area contributed by atoms with Gasteiger partial charge in [-0.3, -0.25) is 4.90 Å². The fourth-order valence-electron chi connectivity index (χ4n) is 3.85. The van der Waals surface area contributed by atoms with Gasteiger partial charge >= 0.3 is 0 Å². The molecule has 0 saturated carbocycles. The number of nitrogens with one attached hydrogen (secondary N) is 1. The number of likely N-dealkylation sites (tertiary alicyclic amines) is 1. The SMILES string of the molecule is CCCNC(CCC)C(CC)N1CCC(CN(C)C)CC1. The molecule has 1 aliphatic heterocycles. The van der Waals surface area contributed by atoms with Gasteiger partial charge in [0.1, 0.15) is 0 Å². The number of rotatable bonds is 10. The molecule has 1 N–H and O–H groups in total. The van der Waals surface area contributed by atoms with Crippen molar-refractivity contribution in [1.82, 2.24) is 15.1 Å². The summed E-state index contributed by atoms with van der Waals surface area (Å²) >= 11 is 0. The number of hydrogen-bond acceptors (Lipinski definition) is 3. The van der Waals surface area contributed by atoms with Crippen molar-refractivity contribution in [2.24, 2.45) is 5.92 Å². The fraction of sp³-hybridized carbons (Fsp3) is 1.00. The molecule has 126 valence electrons. The number of nitrogens with zero attached hydrogens (tertiary/aromatic N) is 2. The van der Waals surface area contributed by atoms with Gasteiger partial charge in [0.05, 0.1) is 0 Å². The van der Waals surface area contributed by atoms with Crippen molar-refractivity contribution < 1.29 is 0 Å². The lowest BCUT2D eigenvalue weighted by Crippen LogP contribution is -2.52. The first kappa shape index (κ1) is 18.9. The van der Waals surface area contributed by atoms with Crippen LogP contribution in [0.5, 0.6) is 0 Å². The van der Waals surface area contributed by atoms with Crippen LogP contribution < -0.4 is 5.32 Å². The van der Waals surface area contributed by atoms with E-state index in [-0.39, 0.29) is 0 Å². The molecule has 0 spiro atoms. The smallest absolute Gasteiger partial charge is 0.0246 e. The van der Waals surface area contributed by atoms with Crippen LogP contribution in [-0.2, 0) is 0 Å². The summed E-state index contributed by atoms with van der Waals surface area (Å²) in [6, 6.07) is 1.42. The van der Waals surface area contributed by atoms with Gasteiger partial charge in [-0.1, -0.05) is 27.2 Å². The second-order valence-electron chi connectivity index (χ2n) is 7.07. The van der Waals surface area contributed by atoms with Crippen LogP contribution >= 0.6 is 0 Å². The Morgan fingerprint density at radius 3 is 2.24 bits per heavy atom. The van der Waals surface area contributed by atoms with E-state index in [1.54, 1.807) is 0 Å². The second-order valence-corrected chi connectivity index (χ2v) is 7.07. The predicted molar refractivity (Wildman–Crippen MR) is 93.9 cm³/mol. The summed E-state index contributed by atoms with van der Waals surface area (Å²) in [5.41, 5.74) is 0. The molecule has 0 radical (unpaired) electrons. The van der Waals surface area contributed by atoms with Crippen molar-refractivity contribution in [1.29, 1.82) is 0 Å². The quantitative estimate of drug-likeness (QED) is 0.668. The third-order valence-corrected chi connectivity index (χ3v) is 4.88. The Hall–Kier alpha value is -0.120. The van der Waals surface area contributed by atoms with E-state index in [1.165, 1.54) is 58.2 Å². The van der Waals surface area contributed by atoms with Crippen LogP contribution in [0.3, 0.4) is 0 Å². The molecule has 2 atom stereocenters. The maximum atomic E-state index is 3.81. The maximum absolute atomic E-state index is 3.81. The minimum absolute atomic E-state index is 0.686. The molecule has 21 heavy (non-hydrogen) atoms. The summed E-state index contributed by atoms with van der Waals surface area (Å²) in [6.45, 7) is 12.0. The summed E-state index contributed by atoms with van der Waals surface area (Å²) in [6.07, 6.45) is 7.87. The van der Waals surface area contributed by atoms with Gasteiger partial charge in [-0.25, -0.2) is 0 Å². The van der Waals surface area contributed by atoms with Crippen molar-refractivity contribution in [3.63, 3.8) is 0 Å². The van der Waals surface area contributed by atoms with E-state index in [4.69, 9.17) is 0 Å². The van der Waals surface area contributed by atoms with E-state index >= 15 is 0 Å². The third kappa shape index (κ3) is 6.66. The van der Waals surface area contributed by atoms with E-state index in [9.17, 15) is 0 Å². The monoisotopic (exact) mass is 297 g/mol. The average molecular weight is 298 g/mol. The zero-order chi connectivity index (χ0) is 15.7. The summed E-state index contributed by atoms with van der Waals surface area (Å²) in [5, 5.41) is 3.81. The molecule has 0 amide bonds. The lowest BCUT2D eigenvalue weighted by Gasteiger charge is -2.41. The Balaban J connectivity index is 2.50. The highest BCUT2D eigenvalue weighted by atomic mass is 15.2. The van der Waals surface area contributed by atoms with Crippen LogP contribution in [0.2, 0.25) is 0 Å². The normalized spacial score (nSPS) is 20.9. The van der Waals surface area contributed by atoms with Crippen LogP contribution in [0.1, 0.15) is 59.3 Å². The summed E-state index contributed by atoms with van der Waals surface area (Å²) < 4.78 is 0. The fourth-order valence-corrected chi connectivity index (χ4v) is 3.85. The van der Waals surface area contributed by atoms with Crippen LogP contribution in [0.15, 0.2) is 0 Å². The molecule has 1 saturated heterocycles. The molecule has 3 heteroatoms. The molecule has 3 nitrogen and oxygen atoms in total. The van der Waals surface area contributed by atoms with Gasteiger partial charge in [0.25, 0.3) is 0 Å². The molecule has 0 aromatic carbocycles. The van der Waals surface area contributed by atoms with Gasteiger partial charge in [0, 0.05) is 18.6 Å². The Kier molecular flexibility index (Phi) is 9.54. The molecule has 1 aliphatic rings. The van der Waals surface area contributed by atoms with Gasteiger partial charge in [-0.05, 0) is 71.8 Å². The van der Waals surface area contributed by atoms with E-state index < -0.39 is 0 Å².